The number of hydrogen-bond acceptors (Lipinski definition) is 5. The molecule has 26 heavy (non-hydrogen) atoms. The number of rotatable bonds is 3. The quantitative estimate of drug-likeness (QED) is 0.843. The zero-order chi connectivity index (χ0) is 18.3. The molecule has 2 heterocycles. The molecule has 1 fully saturated rings. The van der Waals surface area contributed by atoms with Gasteiger partial charge in [-0.1, -0.05) is 24.3 Å². The number of hydrogen-bond donors (Lipinski definition) is 1. The monoisotopic (exact) mass is 370 g/mol. The lowest BCUT2D eigenvalue weighted by Crippen LogP contribution is -2.41. The minimum absolute atomic E-state index is 0.295. The number of fused-ring (bicyclic) bond motifs is 3. The number of aryl methyl sites for hydroxylation is 2. The van der Waals surface area contributed by atoms with Crippen LogP contribution in [0.25, 0.3) is 10.4 Å². The number of thiophene rings is 1. The van der Waals surface area contributed by atoms with Crippen LogP contribution in [0.1, 0.15) is 27.7 Å². The van der Waals surface area contributed by atoms with E-state index in [0.717, 1.165) is 33.7 Å². The summed E-state index contributed by atoms with van der Waals surface area (Å²) in [5.41, 5.74) is 3.58. The van der Waals surface area contributed by atoms with Gasteiger partial charge in [0.15, 0.2) is 6.10 Å². The Hall–Kier alpha value is -2.67. The molecule has 4 rings (SSSR count). The number of carbonyl (C=O) groups excluding carboxylic acids is 3. The van der Waals surface area contributed by atoms with E-state index >= 15 is 0 Å². The number of nitrogens with one attached hydrogen (secondary N) is 1. The SMILES string of the molecule is C[C@@H](OC(=O)c1cc2c(s1)-c1ccccc1CC2)C(=O)N1CCNC1=O. The first-order chi connectivity index (χ1) is 12.5. The predicted octanol–water partition coefficient (Wildman–Crippen LogP) is 2.61. The van der Waals surface area contributed by atoms with Crippen LogP contribution in [-0.2, 0) is 22.4 Å². The van der Waals surface area contributed by atoms with Gasteiger partial charge in [0.25, 0.3) is 5.91 Å². The Labute approximate surface area is 154 Å². The first-order valence-corrected chi connectivity index (χ1v) is 9.37. The van der Waals surface area contributed by atoms with Gasteiger partial charge in [-0.15, -0.1) is 11.3 Å². The molecule has 0 saturated carbocycles. The van der Waals surface area contributed by atoms with Crippen molar-refractivity contribution in [3.8, 4) is 10.4 Å². The van der Waals surface area contributed by atoms with Crippen LogP contribution in [0.5, 0.6) is 0 Å². The number of ether oxygens (including phenoxy) is 1. The van der Waals surface area contributed by atoms with E-state index in [4.69, 9.17) is 4.74 Å². The zero-order valence-corrected chi connectivity index (χ0v) is 15.1. The first kappa shape index (κ1) is 16.8. The van der Waals surface area contributed by atoms with E-state index in [-0.39, 0.29) is 0 Å². The predicted molar refractivity (Wildman–Crippen MR) is 97.2 cm³/mol. The Morgan fingerprint density at radius 1 is 1.23 bits per heavy atom. The van der Waals surface area contributed by atoms with Gasteiger partial charge in [0.1, 0.15) is 4.88 Å². The summed E-state index contributed by atoms with van der Waals surface area (Å²) >= 11 is 1.39. The molecule has 3 amide bonds. The summed E-state index contributed by atoms with van der Waals surface area (Å²) in [6.45, 7) is 2.21. The maximum atomic E-state index is 12.5. The molecular weight excluding hydrogens is 352 g/mol. The van der Waals surface area contributed by atoms with Crippen molar-refractivity contribution in [3.05, 3.63) is 46.3 Å². The van der Waals surface area contributed by atoms with E-state index in [1.807, 2.05) is 18.2 Å². The highest BCUT2D eigenvalue weighted by atomic mass is 32.1. The molecule has 2 aromatic rings. The third-order valence-corrected chi connectivity index (χ3v) is 5.88. The molecule has 2 aliphatic rings. The topological polar surface area (TPSA) is 75.7 Å². The van der Waals surface area contributed by atoms with Crippen LogP contribution in [0.15, 0.2) is 30.3 Å². The van der Waals surface area contributed by atoms with Gasteiger partial charge in [-0.2, -0.15) is 0 Å². The van der Waals surface area contributed by atoms with Crippen molar-refractivity contribution in [2.24, 2.45) is 0 Å². The minimum Gasteiger partial charge on any atom is -0.448 e. The fourth-order valence-corrected chi connectivity index (χ4v) is 4.50. The molecular formula is C19H18N2O4S. The van der Waals surface area contributed by atoms with Gasteiger partial charge in [-0.3, -0.25) is 9.69 Å². The summed E-state index contributed by atoms with van der Waals surface area (Å²) in [5.74, 6) is -1.03. The maximum absolute atomic E-state index is 12.5. The molecule has 1 atom stereocenters. The molecule has 1 aliphatic heterocycles. The van der Waals surface area contributed by atoms with Crippen molar-refractivity contribution in [2.45, 2.75) is 25.9 Å². The normalized spacial score (nSPS) is 16.5. The fraction of sp³-hybridized carbons (Fsp3) is 0.316. The Kier molecular flexibility index (Phi) is 4.24. The second-order valence-corrected chi connectivity index (χ2v) is 7.44. The number of benzene rings is 1. The highest BCUT2D eigenvalue weighted by Crippen LogP contribution is 2.39. The molecule has 1 aliphatic carbocycles. The van der Waals surface area contributed by atoms with E-state index in [1.165, 1.54) is 23.8 Å². The van der Waals surface area contributed by atoms with Crippen LogP contribution in [0.4, 0.5) is 4.79 Å². The lowest BCUT2D eigenvalue weighted by atomic mass is 9.91. The molecule has 7 heteroatoms. The second kappa shape index (κ2) is 6.57. The summed E-state index contributed by atoms with van der Waals surface area (Å²) in [6.07, 6.45) is 0.837. The Bertz CT molecular complexity index is 905. The second-order valence-electron chi connectivity index (χ2n) is 6.39. The van der Waals surface area contributed by atoms with E-state index < -0.39 is 24.0 Å². The van der Waals surface area contributed by atoms with Crippen molar-refractivity contribution >= 4 is 29.2 Å². The van der Waals surface area contributed by atoms with Crippen molar-refractivity contribution in [3.63, 3.8) is 0 Å². The zero-order valence-electron chi connectivity index (χ0n) is 14.3. The first-order valence-electron chi connectivity index (χ1n) is 8.56. The van der Waals surface area contributed by atoms with E-state index in [9.17, 15) is 14.4 Å². The fourth-order valence-electron chi connectivity index (χ4n) is 3.34. The minimum atomic E-state index is -1.00. The maximum Gasteiger partial charge on any atom is 0.349 e. The lowest BCUT2D eigenvalue weighted by molar-refractivity contribution is -0.135. The molecule has 1 aromatic carbocycles. The van der Waals surface area contributed by atoms with Crippen molar-refractivity contribution in [1.29, 1.82) is 0 Å². The number of urea groups is 1. The Morgan fingerprint density at radius 2 is 2.00 bits per heavy atom. The van der Waals surface area contributed by atoms with Crippen LogP contribution in [0.2, 0.25) is 0 Å². The third-order valence-electron chi connectivity index (χ3n) is 4.69. The van der Waals surface area contributed by atoms with E-state index in [2.05, 4.69) is 17.4 Å². The third kappa shape index (κ3) is 2.88. The average molecular weight is 370 g/mol. The van der Waals surface area contributed by atoms with Crippen LogP contribution in [0.3, 0.4) is 0 Å². The molecule has 0 spiro atoms. The molecule has 6 nitrogen and oxygen atoms in total. The largest absolute Gasteiger partial charge is 0.448 e. The van der Waals surface area contributed by atoms with Gasteiger partial charge in [-0.25, -0.2) is 9.59 Å². The number of carbonyl (C=O) groups is 3. The highest BCUT2D eigenvalue weighted by molar-refractivity contribution is 7.17. The number of amides is 3. The van der Waals surface area contributed by atoms with E-state index in [1.54, 1.807) is 0 Å². The van der Waals surface area contributed by atoms with Crippen molar-refractivity contribution in [2.75, 3.05) is 13.1 Å². The lowest BCUT2D eigenvalue weighted by Gasteiger charge is -2.17. The van der Waals surface area contributed by atoms with Crippen LogP contribution >= 0.6 is 11.3 Å². The van der Waals surface area contributed by atoms with Crippen LogP contribution in [-0.4, -0.2) is 42.0 Å². The average Bonchev–Trinajstić information content (AvgIpc) is 3.27. The van der Waals surface area contributed by atoms with Gasteiger partial charge >= 0.3 is 12.0 Å². The van der Waals surface area contributed by atoms with E-state index in [0.29, 0.717) is 18.0 Å². The summed E-state index contributed by atoms with van der Waals surface area (Å²) in [6, 6.07) is 9.61. The number of esters is 1. The molecule has 0 radical (unpaired) electrons. The summed E-state index contributed by atoms with van der Waals surface area (Å²) < 4.78 is 5.32. The van der Waals surface area contributed by atoms with Gasteiger partial charge in [0, 0.05) is 18.0 Å². The summed E-state index contributed by atoms with van der Waals surface area (Å²) in [7, 11) is 0. The van der Waals surface area contributed by atoms with Crippen molar-refractivity contribution in [1.82, 2.24) is 10.2 Å². The molecule has 134 valence electrons. The van der Waals surface area contributed by atoms with Gasteiger partial charge < -0.3 is 10.1 Å². The van der Waals surface area contributed by atoms with Gasteiger partial charge in [0.2, 0.25) is 0 Å². The van der Waals surface area contributed by atoms with Crippen LogP contribution in [0, 0.1) is 0 Å². The molecule has 0 bridgehead atoms. The molecule has 1 saturated heterocycles. The Balaban J connectivity index is 1.51. The van der Waals surface area contributed by atoms with Crippen LogP contribution < -0.4 is 5.32 Å². The number of imide groups is 1. The molecule has 1 N–H and O–H groups in total. The standard InChI is InChI=1S/C19H18N2O4S/c1-11(17(22)21-9-8-20-19(21)24)25-18(23)15-10-13-7-6-12-4-2-3-5-14(12)16(13)26-15/h2-5,10-11H,6-9H2,1H3,(H,20,24)/t11-/m1/s1. The number of nitrogens with zero attached hydrogens (tertiary/aromatic N) is 1. The molecule has 1 aromatic heterocycles. The summed E-state index contributed by atoms with van der Waals surface area (Å²) in [5, 5.41) is 2.56. The van der Waals surface area contributed by atoms with Crippen molar-refractivity contribution < 1.29 is 19.1 Å². The van der Waals surface area contributed by atoms with Gasteiger partial charge in [-0.05, 0) is 42.5 Å². The molecule has 0 unspecified atom stereocenters. The van der Waals surface area contributed by atoms with Gasteiger partial charge in [0.05, 0.1) is 0 Å². The highest BCUT2D eigenvalue weighted by Gasteiger charge is 2.32. The summed E-state index contributed by atoms with van der Waals surface area (Å²) in [4.78, 5) is 39.0. The smallest absolute Gasteiger partial charge is 0.349 e. The Morgan fingerprint density at radius 3 is 2.77 bits per heavy atom.